The SMILES string of the molecule is Cc1cc(C(=O)NC(C)c2ccc(Br)cc2)c(C)nn1. The lowest BCUT2D eigenvalue weighted by atomic mass is 10.1. The van der Waals surface area contributed by atoms with E-state index < -0.39 is 0 Å². The number of hydrogen-bond donors (Lipinski definition) is 1. The number of carbonyl (C=O) groups is 1. The molecule has 1 atom stereocenters. The summed E-state index contributed by atoms with van der Waals surface area (Å²) in [6.07, 6.45) is 0. The van der Waals surface area contributed by atoms with Gasteiger partial charge in [0.2, 0.25) is 0 Å². The molecule has 5 heteroatoms. The Hall–Kier alpha value is -1.75. The van der Waals surface area contributed by atoms with Crippen molar-refractivity contribution in [2.45, 2.75) is 26.8 Å². The van der Waals surface area contributed by atoms with Crippen LogP contribution in [0.2, 0.25) is 0 Å². The summed E-state index contributed by atoms with van der Waals surface area (Å²) >= 11 is 3.40. The highest BCUT2D eigenvalue weighted by Crippen LogP contribution is 2.17. The van der Waals surface area contributed by atoms with Gasteiger partial charge in [-0.2, -0.15) is 10.2 Å². The first-order chi connectivity index (χ1) is 9.47. The monoisotopic (exact) mass is 333 g/mol. The van der Waals surface area contributed by atoms with Gasteiger partial charge < -0.3 is 5.32 Å². The van der Waals surface area contributed by atoms with E-state index >= 15 is 0 Å². The lowest BCUT2D eigenvalue weighted by Gasteiger charge is -2.15. The zero-order valence-electron chi connectivity index (χ0n) is 11.6. The van der Waals surface area contributed by atoms with Crippen LogP contribution in [0.3, 0.4) is 0 Å². The highest BCUT2D eigenvalue weighted by molar-refractivity contribution is 9.10. The van der Waals surface area contributed by atoms with E-state index in [4.69, 9.17) is 0 Å². The Labute approximate surface area is 126 Å². The first-order valence-electron chi connectivity index (χ1n) is 6.34. The first kappa shape index (κ1) is 14.7. The molecule has 4 nitrogen and oxygen atoms in total. The number of nitrogens with zero attached hydrogens (tertiary/aromatic N) is 2. The maximum atomic E-state index is 12.3. The number of amides is 1. The van der Waals surface area contributed by atoms with Crippen molar-refractivity contribution in [2.24, 2.45) is 0 Å². The summed E-state index contributed by atoms with van der Waals surface area (Å²) in [6.45, 7) is 5.56. The molecule has 1 aromatic carbocycles. The normalized spacial score (nSPS) is 12.0. The van der Waals surface area contributed by atoms with Crippen molar-refractivity contribution in [1.82, 2.24) is 15.5 Å². The third-order valence-electron chi connectivity index (χ3n) is 3.06. The molecule has 0 radical (unpaired) electrons. The van der Waals surface area contributed by atoms with Gasteiger partial charge in [-0.3, -0.25) is 4.79 Å². The molecule has 20 heavy (non-hydrogen) atoms. The van der Waals surface area contributed by atoms with Gasteiger partial charge >= 0.3 is 0 Å². The molecule has 0 bridgehead atoms. The predicted molar refractivity (Wildman–Crippen MR) is 81.5 cm³/mol. The largest absolute Gasteiger partial charge is 0.345 e. The van der Waals surface area contributed by atoms with Crippen LogP contribution in [0.1, 0.15) is 40.3 Å². The van der Waals surface area contributed by atoms with Crippen LogP contribution in [0, 0.1) is 13.8 Å². The molecule has 104 valence electrons. The molecular weight excluding hydrogens is 318 g/mol. The van der Waals surface area contributed by atoms with Crippen LogP contribution >= 0.6 is 15.9 Å². The first-order valence-corrected chi connectivity index (χ1v) is 7.14. The average Bonchev–Trinajstić information content (AvgIpc) is 2.42. The molecule has 2 aromatic rings. The molecule has 0 saturated heterocycles. The van der Waals surface area contributed by atoms with Gasteiger partial charge in [0.25, 0.3) is 5.91 Å². The van der Waals surface area contributed by atoms with Gasteiger partial charge in [0.1, 0.15) is 0 Å². The minimum atomic E-state index is -0.129. The smallest absolute Gasteiger partial charge is 0.253 e. The van der Waals surface area contributed by atoms with E-state index in [1.165, 1.54) is 0 Å². The molecular formula is C15H16BrN3O. The van der Waals surface area contributed by atoms with Gasteiger partial charge in [-0.1, -0.05) is 28.1 Å². The van der Waals surface area contributed by atoms with E-state index in [0.717, 1.165) is 15.7 Å². The molecule has 0 saturated carbocycles. The Kier molecular flexibility index (Phi) is 4.49. The fraction of sp³-hybridized carbons (Fsp3) is 0.267. The maximum absolute atomic E-state index is 12.3. The van der Waals surface area contributed by atoms with Crippen LogP contribution in [0.5, 0.6) is 0 Å². The van der Waals surface area contributed by atoms with Crippen molar-refractivity contribution in [3.63, 3.8) is 0 Å². The minimum Gasteiger partial charge on any atom is -0.345 e. The van der Waals surface area contributed by atoms with Crippen molar-refractivity contribution in [3.8, 4) is 0 Å². The summed E-state index contributed by atoms with van der Waals surface area (Å²) < 4.78 is 1.02. The fourth-order valence-corrected chi connectivity index (χ4v) is 2.15. The molecule has 0 aliphatic carbocycles. The predicted octanol–water partition coefficient (Wildman–Crippen LogP) is 3.35. The Morgan fingerprint density at radius 2 is 1.85 bits per heavy atom. The summed E-state index contributed by atoms with van der Waals surface area (Å²) in [5.74, 6) is -0.129. The summed E-state index contributed by atoms with van der Waals surface area (Å²) in [7, 11) is 0. The number of rotatable bonds is 3. The summed E-state index contributed by atoms with van der Waals surface area (Å²) in [4.78, 5) is 12.3. The molecule has 0 fully saturated rings. The number of carbonyl (C=O) groups excluding carboxylic acids is 1. The quantitative estimate of drug-likeness (QED) is 0.937. The Bertz CT molecular complexity index is 626. The van der Waals surface area contributed by atoms with Gasteiger partial charge in [-0.05, 0) is 44.5 Å². The molecule has 0 aliphatic rings. The van der Waals surface area contributed by atoms with Crippen LogP contribution in [0.25, 0.3) is 0 Å². The van der Waals surface area contributed by atoms with Crippen LogP contribution in [0.4, 0.5) is 0 Å². The lowest BCUT2D eigenvalue weighted by Crippen LogP contribution is -2.27. The van der Waals surface area contributed by atoms with Crippen molar-refractivity contribution >= 4 is 21.8 Å². The average molecular weight is 334 g/mol. The van der Waals surface area contributed by atoms with E-state index in [9.17, 15) is 4.79 Å². The van der Waals surface area contributed by atoms with E-state index in [1.54, 1.807) is 13.0 Å². The Balaban J connectivity index is 2.15. The van der Waals surface area contributed by atoms with E-state index in [1.807, 2.05) is 38.1 Å². The highest BCUT2D eigenvalue weighted by Gasteiger charge is 2.14. The molecule has 0 spiro atoms. The second kappa shape index (κ2) is 6.13. The van der Waals surface area contributed by atoms with E-state index in [0.29, 0.717) is 11.3 Å². The van der Waals surface area contributed by atoms with Crippen LogP contribution < -0.4 is 5.32 Å². The third kappa shape index (κ3) is 3.42. The zero-order chi connectivity index (χ0) is 14.7. The zero-order valence-corrected chi connectivity index (χ0v) is 13.2. The summed E-state index contributed by atoms with van der Waals surface area (Å²) in [5.41, 5.74) is 2.99. The Morgan fingerprint density at radius 3 is 2.50 bits per heavy atom. The molecule has 1 heterocycles. The van der Waals surface area contributed by atoms with Crippen molar-refractivity contribution in [1.29, 1.82) is 0 Å². The molecule has 1 unspecified atom stereocenters. The standard InChI is InChI=1S/C15H16BrN3O/c1-9-8-14(11(3)19-18-9)15(20)17-10(2)12-4-6-13(16)7-5-12/h4-8,10H,1-3H3,(H,17,20). The van der Waals surface area contributed by atoms with Gasteiger partial charge in [0.05, 0.1) is 23.0 Å². The van der Waals surface area contributed by atoms with Crippen LogP contribution in [-0.2, 0) is 0 Å². The van der Waals surface area contributed by atoms with Crippen molar-refractivity contribution in [3.05, 3.63) is 57.3 Å². The van der Waals surface area contributed by atoms with Gasteiger partial charge in [0, 0.05) is 4.47 Å². The molecule has 2 rings (SSSR count). The Morgan fingerprint density at radius 1 is 1.20 bits per heavy atom. The van der Waals surface area contributed by atoms with Gasteiger partial charge in [-0.25, -0.2) is 0 Å². The summed E-state index contributed by atoms with van der Waals surface area (Å²) in [6, 6.07) is 9.58. The lowest BCUT2D eigenvalue weighted by molar-refractivity contribution is 0.0938. The summed E-state index contributed by atoms with van der Waals surface area (Å²) in [5, 5.41) is 10.9. The van der Waals surface area contributed by atoms with Crippen molar-refractivity contribution < 1.29 is 4.79 Å². The number of halogens is 1. The number of aromatic nitrogens is 2. The number of hydrogen-bond acceptors (Lipinski definition) is 3. The van der Waals surface area contributed by atoms with Gasteiger partial charge in [-0.15, -0.1) is 0 Å². The molecule has 1 N–H and O–H groups in total. The van der Waals surface area contributed by atoms with Gasteiger partial charge in [0.15, 0.2) is 0 Å². The minimum absolute atomic E-state index is 0.0662. The number of benzene rings is 1. The van der Waals surface area contributed by atoms with Crippen LogP contribution in [-0.4, -0.2) is 16.1 Å². The van der Waals surface area contributed by atoms with Crippen molar-refractivity contribution in [2.75, 3.05) is 0 Å². The molecule has 1 aromatic heterocycles. The van der Waals surface area contributed by atoms with Crippen LogP contribution in [0.15, 0.2) is 34.8 Å². The second-order valence-corrected chi connectivity index (χ2v) is 5.65. The second-order valence-electron chi connectivity index (χ2n) is 4.73. The number of nitrogens with one attached hydrogen (secondary N) is 1. The topological polar surface area (TPSA) is 54.9 Å². The third-order valence-corrected chi connectivity index (χ3v) is 3.59. The molecule has 1 amide bonds. The van der Waals surface area contributed by atoms with E-state index in [2.05, 4.69) is 31.4 Å². The van der Waals surface area contributed by atoms with E-state index in [-0.39, 0.29) is 11.9 Å². The highest BCUT2D eigenvalue weighted by atomic mass is 79.9. The number of aryl methyl sites for hydroxylation is 2. The molecule has 0 aliphatic heterocycles. The fourth-order valence-electron chi connectivity index (χ4n) is 1.89. The maximum Gasteiger partial charge on any atom is 0.253 e.